The number of carbonyl (C=O) groups excluding carboxylic acids is 1. The SMILES string of the molecule is C[C@@]12CCC[C@H]1[C@@H]1CCc3cc(C(=O)O)c(C(N)=O)cc3[C@H]1CC2. The Morgan fingerprint density at radius 3 is 2.67 bits per heavy atom. The molecule has 4 atom stereocenters. The lowest BCUT2D eigenvalue weighted by atomic mass is 9.55. The molecule has 0 aromatic heterocycles. The minimum absolute atomic E-state index is 0.0567. The van der Waals surface area contributed by atoms with E-state index in [4.69, 9.17) is 5.73 Å². The molecule has 3 aliphatic carbocycles. The third kappa shape index (κ3) is 2.19. The lowest BCUT2D eigenvalue weighted by Crippen LogP contribution is -2.39. The van der Waals surface area contributed by atoms with Gasteiger partial charge in [0.25, 0.3) is 0 Å². The standard InChI is InChI=1S/C20H25NO3/c1-20-7-2-3-17(20)13-5-4-11-9-16(19(23)24)15(18(21)22)10-14(11)12(13)6-8-20/h9-10,12-13,17H,2-8H2,1H3,(H2,21,22)(H,23,24)/t12-,13+,17-,20-/m0/s1. The first-order valence-electron chi connectivity index (χ1n) is 9.10. The van der Waals surface area contributed by atoms with Crippen LogP contribution < -0.4 is 5.73 Å². The highest BCUT2D eigenvalue weighted by molar-refractivity contribution is 6.04. The summed E-state index contributed by atoms with van der Waals surface area (Å²) in [7, 11) is 0. The van der Waals surface area contributed by atoms with Crippen LogP contribution in [0, 0.1) is 17.3 Å². The minimum Gasteiger partial charge on any atom is -0.478 e. The predicted octanol–water partition coefficient (Wildman–Crippen LogP) is 3.73. The summed E-state index contributed by atoms with van der Waals surface area (Å²) in [5.41, 5.74) is 8.48. The second-order valence-electron chi connectivity index (χ2n) is 8.27. The molecule has 1 aromatic rings. The number of nitrogens with two attached hydrogens (primary N) is 1. The van der Waals surface area contributed by atoms with Crippen LogP contribution in [0.15, 0.2) is 12.1 Å². The van der Waals surface area contributed by atoms with E-state index in [2.05, 4.69) is 6.92 Å². The molecule has 0 radical (unpaired) electrons. The molecule has 0 heterocycles. The zero-order valence-electron chi connectivity index (χ0n) is 14.2. The summed E-state index contributed by atoms with van der Waals surface area (Å²) < 4.78 is 0. The second-order valence-corrected chi connectivity index (χ2v) is 8.27. The zero-order chi connectivity index (χ0) is 17.1. The van der Waals surface area contributed by atoms with Gasteiger partial charge in [0.1, 0.15) is 0 Å². The average Bonchev–Trinajstić information content (AvgIpc) is 2.94. The van der Waals surface area contributed by atoms with Crippen LogP contribution in [-0.2, 0) is 6.42 Å². The lowest BCUT2D eigenvalue weighted by Gasteiger charge is -2.49. The summed E-state index contributed by atoms with van der Waals surface area (Å²) in [6.45, 7) is 2.46. The number of hydrogen-bond donors (Lipinski definition) is 2. The maximum Gasteiger partial charge on any atom is 0.336 e. The van der Waals surface area contributed by atoms with E-state index in [9.17, 15) is 14.7 Å². The lowest BCUT2D eigenvalue weighted by molar-refractivity contribution is 0.0596. The zero-order valence-corrected chi connectivity index (χ0v) is 14.2. The van der Waals surface area contributed by atoms with Crippen molar-refractivity contribution in [1.29, 1.82) is 0 Å². The summed E-state index contributed by atoms with van der Waals surface area (Å²) in [5, 5.41) is 9.40. The summed E-state index contributed by atoms with van der Waals surface area (Å²) in [6.07, 6.45) is 8.46. The van der Waals surface area contributed by atoms with Crippen molar-refractivity contribution in [1.82, 2.24) is 0 Å². The van der Waals surface area contributed by atoms with E-state index in [1.54, 1.807) is 12.1 Å². The van der Waals surface area contributed by atoms with E-state index in [1.807, 2.05) is 0 Å². The Hall–Kier alpha value is -1.84. The molecule has 0 bridgehead atoms. The van der Waals surface area contributed by atoms with Gasteiger partial charge < -0.3 is 10.8 Å². The van der Waals surface area contributed by atoms with Crippen LogP contribution in [-0.4, -0.2) is 17.0 Å². The summed E-state index contributed by atoms with van der Waals surface area (Å²) in [6, 6.07) is 3.51. The fourth-order valence-electron chi connectivity index (χ4n) is 6.00. The van der Waals surface area contributed by atoms with Gasteiger partial charge in [0.05, 0.1) is 11.1 Å². The molecule has 0 spiro atoms. The largest absolute Gasteiger partial charge is 0.478 e. The van der Waals surface area contributed by atoms with Crippen molar-refractivity contribution in [2.45, 2.75) is 57.8 Å². The number of aryl methyl sites for hydroxylation is 1. The number of carboxylic acids is 1. The molecule has 4 nitrogen and oxygen atoms in total. The van der Waals surface area contributed by atoms with Crippen LogP contribution in [0.3, 0.4) is 0 Å². The summed E-state index contributed by atoms with van der Waals surface area (Å²) in [5.74, 6) is 0.209. The topological polar surface area (TPSA) is 80.4 Å². The Labute approximate surface area is 142 Å². The average molecular weight is 327 g/mol. The number of amides is 1. The van der Waals surface area contributed by atoms with Gasteiger partial charge in [-0.2, -0.15) is 0 Å². The maximum absolute atomic E-state index is 11.8. The van der Waals surface area contributed by atoms with Gasteiger partial charge in [-0.1, -0.05) is 13.3 Å². The van der Waals surface area contributed by atoms with E-state index in [1.165, 1.54) is 31.2 Å². The molecule has 0 saturated heterocycles. The molecular formula is C20H25NO3. The Morgan fingerprint density at radius 2 is 1.96 bits per heavy atom. The van der Waals surface area contributed by atoms with Crippen molar-refractivity contribution < 1.29 is 14.7 Å². The molecule has 0 aliphatic heterocycles. The fourth-order valence-corrected chi connectivity index (χ4v) is 6.00. The Bertz CT molecular complexity index is 726. The summed E-state index contributed by atoms with van der Waals surface area (Å²) >= 11 is 0. The van der Waals surface area contributed by atoms with Gasteiger partial charge in [-0.3, -0.25) is 4.79 Å². The number of carboxylic acid groups (broad SMARTS) is 1. The van der Waals surface area contributed by atoms with Gasteiger partial charge >= 0.3 is 5.97 Å². The number of primary amides is 1. The van der Waals surface area contributed by atoms with Crippen LogP contribution in [0.2, 0.25) is 0 Å². The molecule has 24 heavy (non-hydrogen) atoms. The Kier molecular flexibility index (Phi) is 3.48. The first-order valence-corrected chi connectivity index (χ1v) is 9.10. The van der Waals surface area contributed by atoms with Crippen LogP contribution in [0.1, 0.15) is 83.2 Å². The maximum atomic E-state index is 11.8. The van der Waals surface area contributed by atoms with E-state index in [-0.39, 0.29) is 11.1 Å². The normalized spacial score (nSPS) is 34.1. The van der Waals surface area contributed by atoms with Gasteiger partial charge in [0, 0.05) is 0 Å². The molecular weight excluding hydrogens is 302 g/mol. The third-order valence-corrected chi connectivity index (χ3v) is 7.14. The van der Waals surface area contributed by atoms with Crippen molar-refractivity contribution in [2.75, 3.05) is 0 Å². The smallest absolute Gasteiger partial charge is 0.336 e. The van der Waals surface area contributed by atoms with E-state index >= 15 is 0 Å². The van der Waals surface area contributed by atoms with Crippen molar-refractivity contribution in [3.63, 3.8) is 0 Å². The number of benzene rings is 1. The number of rotatable bonds is 2. The highest BCUT2D eigenvalue weighted by Gasteiger charge is 2.50. The number of hydrogen-bond acceptors (Lipinski definition) is 2. The molecule has 1 aromatic carbocycles. The van der Waals surface area contributed by atoms with Crippen LogP contribution in [0.4, 0.5) is 0 Å². The predicted molar refractivity (Wildman–Crippen MR) is 91.2 cm³/mol. The van der Waals surface area contributed by atoms with Crippen LogP contribution in [0.25, 0.3) is 0 Å². The number of aromatic carboxylic acids is 1. The first-order chi connectivity index (χ1) is 11.4. The Balaban J connectivity index is 1.78. The molecule has 3 aliphatic rings. The van der Waals surface area contributed by atoms with Crippen molar-refractivity contribution in [3.8, 4) is 0 Å². The molecule has 4 rings (SSSR count). The highest BCUT2D eigenvalue weighted by atomic mass is 16.4. The quantitative estimate of drug-likeness (QED) is 0.868. The molecule has 1 amide bonds. The Morgan fingerprint density at radius 1 is 1.17 bits per heavy atom. The molecule has 2 fully saturated rings. The van der Waals surface area contributed by atoms with E-state index < -0.39 is 11.9 Å². The van der Waals surface area contributed by atoms with Gasteiger partial charge in [-0.05, 0) is 85.0 Å². The molecule has 2 saturated carbocycles. The van der Waals surface area contributed by atoms with Gasteiger partial charge in [-0.25, -0.2) is 4.79 Å². The van der Waals surface area contributed by atoms with E-state index in [0.717, 1.165) is 30.7 Å². The van der Waals surface area contributed by atoms with Crippen molar-refractivity contribution in [2.24, 2.45) is 23.0 Å². The van der Waals surface area contributed by atoms with Crippen molar-refractivity contribution >= 4 is 11.9 Å². The fraction of sp³-hybridized carbons (Fsp3) is 0.600. The molecule has 3 N–H and O–H groups in total. The second kappa shape index (κ2) is 5.33. The van der Waals surface area contributed by atoms with Gasteiger partial charge in [0.2, 0.25) is 5.91 Å². The van der Waals surface area contributed by atoms with Crippen LogP contribution in [0.5, 0.6) is 0 Å². The highest BCUT2D eigenvalue weighted by Crippen LogP contribution is 2.60. The molecule has 4 heteroatoms. The monoisotopic (exact) mass is 327 g/mol. The first kappa shape index (κ1) is 15.7. The molecule has 0 unspecified atom stereocenters. The van der Waals surface area contributed by atoms with Gasteiger partial charge in [0.15, 0.2) is 0 Å². The minimum atomic E-state index is -1.07. The van der Waals surface area contributed by atoms with Crippen LogP contribution >= 0.6 is 0 Å². The van der Waals surface area contributed by atoms with Gasteiger partial charge in [-0.15, -0.1) is 0 Å². The number of carbonyl (C=O) groups is 2. The summed E-state index contributed by atoms with van der Waals surface area (Å²) in [4.78, 5) is 23.2. The number of fused-ring (bicyclic) bond motifs is 5. The van der Waals surface area contributed by atoms with E-state index in [0.29, 0.717) is 17.3 Å². The molecule has 128 valence electrons. The third-order valence-electron chi connectivity index (χ3n) is 7.14. The van der Waals surface area contributed by atoms with Crippen molar-refractivity contribution in [3.05, 3.63) is 34.4 Å².